The second kappa shape index (κ2) is 12.0. The first kappa shape index (κ1) is 29.2. The van der Waals surface area contributed by atoms with Gasteiger partial charge in [-0.05, 0) is 56.6 Å². The number of halogens is 3. The summed E-state index contributed by atoms with van der Waals surface area (Å²) in [6.07, 6.45) is 3.02. The van der Waals surface area contributed by atoms with Crippen molar-refractivity contribution in [3.63, 3.8) is 0 Å². The largest absolute Gasteiger partial charge is 0.356 e. The molecule has 0 spiro atoms. The van der Waals surface area contributed by atoms with Gasteiger partial charge in [0.25, 0.3) is 5.91 Å². The molecule has 2 heterocycles. The zero-order valence-corrected chi connectivity index (χ0v) is 24.4. The number of carbonyl (C=O) groups excluding carboxylic acids is 3. The number of alkyl halides is 2. The molecular weight excluding hydrogens is 701 g/mol. The molecule has 2 saturated heterocycles. The van der Waals surface area contributed by atoms with E-state index in [1.807, 2.05) is 0 Å². The van der Waals surface area contributed by atoms with Gasteiger partial charge in [-0.1, -0.05) is 18.6 Å². The van der Waals surface area contributed by atoms with E-state index < -0.39 is 47.9 Å². The van der Waals surface area contributed by atoms with Crippen molar-refractivity contribution >= 4 is 17.6 Å². The van der Waals surface area contributed by atoms with Crippen LogP contribution in [0.25, 0.3) is 0 Å². The molecule has 4 rings (SSSR count). The standard InChI is InChI=1S/C25H32F3N3O4.U/c1-25(28,17-5-3-6-18(27)11-17)24(34)30-13-16-4-2-7-19(16)21(30)14-31(35)20(22(32)12-26)10-15-8-9-29-23(15)33;/h3,5-6,11,15-16,19-21,35H,2,4,7-10,12-14H2,1H3,(H,29,33);/t15?,16?,19?,20-,21+,25?;/m0./s1. The molecule has 11 heteroatoms. The summed E-state index contributed by atoms with van der Waals surface area (Å²) < 4.78 is 42.9. The SMILES string of the molecule is CC(F)(C(=O)N1CC2CCCC2[C@H]1CN(O)[C@@H](CC1CCNC1=O)C(=O)CF)c1cccc(F)c1.[U]. The van der Waals surface area contributed by atoms with Crippen molar-refractivity contribution in [2.24, 2.45) is 17.8 Å². The monoisotopic (exact) mass is 733 g/mol. The van der Waals surface area contributed by atoms with E-state index in [0.29, 0.717) is 19.5 Å². The number of nitrogens with zero attached hydrogens (tertiary/aromatic N) is 2. The quantitative estimate of drug-likeness (QED) is 0.382. The molecule has 4 unspecified atom stereocenters. The molecule has 3 aliphatic rings. The first-order valence-corrected chi connectivity index (χ1v) is 12.2. The number of likely N-dealkylation sites (tertiary alicyclic amines) is 1. The molecule has 196 valence electrons. The van der Waals surface area contributed by atoms with E-state index in [2.05, 4.69) is 5.32 Å². The van der Waals surface area contributed by atoms with E-state index in [9.17, 15) is 28.4 Å². The van der Waals surface area contributed by atoms with E-state index in [-0.39, 0.29) is 67.4 Å². The summed E-state index contributed by atoms with van der Waals surface area (Å²) in [6.45, 7) is 0.382. The molecule has 36 heavy (non-hydrogen) atoms. The van der Waals surface area contributed by atoms with E-state index in [1.165, 1.54) is 23.1 Å². The van der Waals surface area contributed by atoms with Crippen molar-refractivity contribution in [3.05, 3.63) is 35.6 Å². The summed E-state index contributed by atoms with van der Waals surface area (Å²) in [6, 6.07) is 3.01. The molecule has 2 amide bonds. The first-order valence-electron chi connectivity index (χ1n) is 12.2. The predicted octanol–water partition coefficient (Wildman–Crippen LogP) is 2.76. The number of fused-ring (bicyclic) bond motifs is 1. The van der Waals surface area contributed by atoms with Crippen molar-refractivity contribution in [2.45, 2.75) is 56.8 Å². The van der Waals surface area contributed by atoms with Gasteiger partial charge >= 0.3 is 0 Å². The molecule has 6 atom stereocenters. The Bertz CT molecular complexity index is 982. The number of amides is 2. The minimum atomic E-state index is -2.49. The zero-order chi connectivity index (χ0) is 25.3. The van der Waals surface area contributed by atoms with E-state index in [0.717, 1.165) is 37.3 Å². The van der Waals surface area contributed by atoms with Crippen LogP contribution in [0.5, 0.6) is 0 Å². The smallest absolute Gasteiger partial charge is 0.264 e. The van der Waals surface area contributed by atoms with Gasteiger partial charge in [0.1, 0.15) is 12.5 Å². The van der Waals surface area contributed by atoms with E-state index in [4.69, 9.17) is 0 Å². The van der Waals surface area contributed by atoms with Crippen LogP contribution in [-0.2, 0) is 20.1 Å². The Labute approximate surface area is 232 Å². The van der Waals surface area contributed by atoms with Crippen molar-refractivity contribution in [3.8, 4) is 0 Å². The fourth-order valence-corrected chi connectivity index (χ4v) is 6.03. The van der Waals surface area contributed by atoms with Crippen LogP contribution in [0.15, 0.2) is 24.3 Å². The number of rotatable bonds is 9. The van der Waals surface area contributed by atoms with Gasteiger partial charge in [-0.2, -0.15) is 5.06 Å². The number of benzene rings is 1. The number of Topliss-reactive ketones (excluding diaryl/α,β-unsaturated/α-hetero) is 1. The van der Waals surface area contributed by atoms with E-state index >= 15 is 4.39 Å². The third-order valence-electron chi connectivity index (χ3n) is 7.98. The van der Waals surface area contributed by atoms with Crippen LogP contribution >= 0.6 is 0 Å². The summed E-state index contributed by atoms with van der Waals surface area (Å²) in [5, 5.41) is 14.3. The Morgan fingerprint density at radius 1 is 1.31 bits per heavy atom. The minimum Gasteiger partial charge on any atom is -0.356 e. The Morgan fingerprint density at radius 2 is 2.06 bits per heavy atom. The second-order valence-electron chi connectivity index (χ2n) is 10.1. The van der Waals surface area contributed by atoms with Gasteiger partial charge in [0.15, 0.2) is 5.78 Å². The fraction of sp³-hybridized carbons (Fsp3) is 0.640. The Balaban J connectivity index is 0.00000361. The fourth-order valence-electron chi connectivity index (χ4n) is 6.03. The van der Waals surface area contributed by atoms with Crippen LogP contribution in [0.4, 0.5) is 13.2 Å². The molecule has 1 saturated carbocycles. The second-order valence-corrected chi connectivity index (χ2v) is 10.1. The Morgan fingerprint density at radius 3 is 2.69 bits per heavy atom. The minimum absolute atomic E-state index is 0. The van der Waals surface area contributed by atoms with Crippen molar-refractivity contribution < 1.29 is 63.9 Å². The third-order valence-corrected chi connectivity index (χ3v) is 7.98. The van der Waals surface area contributed by atoms with Gasteiger partial charge in [-0.25, -0.2) is 13.2 Å². The number of nitrogens with one attached hydrogen (secondary N) is 1. The number of ketones is 1. The number of hydrogen-bond acceptors (Lipinski definition) is 5. The van der Waals surface area contributed by atoms with Crippen LogP contribution in [0.3, 0.4) is 0 Å². The first-order chi connectivity index (χ1) is 16.6. The summed E-state index contributed by atoms with van der Waals surface area (Å²) >= 11 is 0. The molecule has 0 radical (unpaired) electrons. The van der Waals surface area contributed by atoms with Crippen molar-refractivity contribution in [2.75, 3.05) is 26.3 Å². The van der Waals surface area contributed by atoms with E-state index in [1.54, 1.807) is 0 Å². The molecular formula is C25H32F3N3O4U. The molecule has 2 aliphatic heterocycles. The average molecular weight is 734 g/mol. The summed E-state index contributed by atoms with van der Waals surface area (Å²) in [4.78, 5) is 39.2. The number of carbonyl (C=O) groups is 3. The van der Waals surface area contributed by atoms with Crippen LogP contribution < -0.4 is 5.32 Å². The molecule has 7 nitrogen and oxygen atoms in total. The van der Waals surface area contributed by atoms with Gasteiger partial charge in [0.05, 0.1) is 6.04 Å². The Hall–Kier alpha value is -1.41. The normalized spacial score (nSPS) is 27.8. The molecule has 1 aromatic rings. The van der Waals surface area contributed by atoms with Crippen molar-refractivity contribution in [1.82, 2.24) is 15.3 Å². The molecule has 2 N–H and O–H groups in total. The maximum absolute atomic E-state index is 15.8. The molecule has 0 aromatic heterocycles. The Kier molecular flexibility index (Phi) is 9.70. The summed E-state index contributed by atoms with van der Waals surface area (Å²) in [5.74, 6) is -2.98. The van der Waals surface area contributed by atoms with Crippen LogP contribution in [0.2, 0.25) is 0 Å². The molecule has 3 fully saturated rings. The van der Waals surface area contributed by atoms with Gasteiger partial charge in [0.2, 0.25) is 11.6 Å². The number of hydroxylamine groups is 2. The zero-order valence-electron chi connectivity index (χ0n) is 20.3. The summed E-state index contributed by atoms with van der Waals surface area (Å²) in [5.41, 5.74) is -2.59. The molecule has 1 aromatic carbocycles. The molecule has 0 bridgehead atoms. The maximum Gasteiger partial charge on any atom is 0.264 e. The number of hydrogen-bond donors (Lipinski definition) is 2. The predicted molar refractivity (Wildman–Crippen MR) is 120 cm³/mol. The van der Waals surface area contributed by atoms with Crippen molar-refractivity contribution in [1.29, 1.82) is 0 Å². The topological polar surface area (TPSA) is 89.9 Å². The maximum atomic E-state index is 15.8. The van der Waals surface area contributed by atoms with Crippen LogP contribution in [0, 0.1) is 54.7 Å². The average Bonchev–Trinajstić information content (AvgIpc) is 3.54. The molecule has 1 aliphatic carbocycles. The van der Waals surface area contributed by atoms with Gasteiger partial charge in [-0.15, -0.1) is 0 Å². The van der Waals surface area contributed by atoms with Gasteiger partial charge in [0, 0.05) is 68.3 Å². The van der Waals surface area contributed by atoms with Gasteiger partial charge in [-0.3, -0.25) is 14.4 Å². The van der Waals surface area contributed by atoms with Crippen LogP contribution in [0.1, 0.15) is 44.6 Å². The van der Waals surface area contributed by atoms with Gasteiger partial charge < -0.3 is 15.4 Å². The third kappa shape index (κ3) is 5.85. The van der Waals surface area contributed by atoms with Crippen LogP contribution in [-0.4, -0.2) is 71.2 Å². The summed E-state index contributed by atoms with van der Waals surface area (Å²) in [7, 11) is 0.